The van der Waals surface area contributed by atoms with Gasteiger partial charge < -0.3 is 14.9 Å². The molecular weight excluding hydrogens is 242 g/mol. The summed E-state index contributed by atoms with van der Waals surface area (Å²) in [5.41, 5.74) is -0.444. The van der Waals surface area contributed by atoms with Crippen molar-refractivity contribution in [3.8, 4) is 0 Å². The Balaban J connectivity index is 2.63. The number of aliphatic hydroxyl groups excluding tert-OH is 1. The van der Waals surface area contributed by atoms with Gasteiger partial charge in [0.05, 0.1) is 13.2 Å². The van der Waals surface area contributed by atoms with Gasteiger partial charge in [0.2, 0.25) is 5.89 Å². The van der Waals surface area contributed by atoms with Crippen LogP contribution in [0.3, 0.4) is 0 Å². The Labute approximate surface area is 115 Å². The molecule has 19 heavy (non-hydrogen) atoms. The lowest BCUT2D eigenvalue weighted by atomic mass is 9.91. The molecule has 5 heteroatoms. The van der Waals surface area contributed by atoms with E-state index in [1.54, 1.807) is 0 Å². The molecule has 5 nitrogen and oxygen atoms in total. The minimum absolute atomic E-state index is 0.0924. The van der Waals surface area contributed by atoms with Crippen LogP contribution >= 0.6 is 0 Å². The van der Waals surface area contributed by atoms with Crippen LogP contribution in [0.25, 0.3) is 0 Å². The third-order valence-electron chi connectivity index (χ3n) is 2.99. The first-order chi connectivity index (χ1) is 8.66. The highest BCUT2D eigenvalue weighted by Gasteiger charge is 2.26. The van der Waals surface area contributed by atoms with Crippen LogP contribution < -0.4 is 5.32 Å². The van der Waals surface area contributed by atoms with Crippen molar-refractivity contribution in [2.75, 3.05) is 6.61 Å². The van der Waals surface area contributed by atoms with Crippen LogP contribution in [0, 0.1) is 5.92 Å². The molecule has 0 aliphatic carbocycles. The molecule has 0 aliphatic heterocycles. The van der Waals surface area contributed by atoms with Gasteiger partial charge in [-0.2, -0.15) is 4.98 Å². The zero-order valence-corrected chi connectivity index (χ0v) is 12.9. The highest BCUT2D eigenvalue weighted by Crippen LogP contribution is 2.20. The number of hydrogen-bond donors (Lipinski definition) is 2. The summed E-state index contributed by atoms with van der Waals surface area (Å²) in [5.74, 6) is 1.78. The van der Waals surface area contributed by atoms with Crippen molar-refractivity contribution in [2.45, 2.75) is 65.5 Å². The molecular formula is C14H27N3O2. The Morgan fingerprint density at radius 3 is 2.32 bits per heavy atom. The molecule has 2 N–H and O–H groups in total. The summed E-state index contributed by atoms with van der Waals surface area (Å²) in [7, 11) is 0. The van der Waals surface area contributed by atoms with E-state index in [9.17, 15) is 5.11 Å². The summed E-state index contributed by atoms with van der Waals surface area (Å²) in [4.78, 5) is 4.38. The Hall–Kier alpha value is -0.940. The van der Waals surface area contributed by atoms with E-state index < -0.39 is 0 Å². The van der Waals surface area contributed by atoms with Gasteiger partial charge >= 0.3 is 0 Å². The van der Waals surface area contributed by atoms with Gasteiger partial charge in [0.15, 0.2) is 5.82 Å². The van der Waals surface area contributed by atoms with E-state index in [0.29, 0.717) is 24.2 Å². The number of nitrogens with one attached hydrogen (secondary N) is 1. The molecule has 0 aromatic carbocycles. The van der Waals surface area contributed by atoms with Crippen LogP contribution in [-0.2, 0) is 12.0 Å². The van der Waals surface area contributed by atoms with Gasteiger partial charge in [-0.15, -0.1) is 0 Å². The highest BCUT2D eigenvalue weighted by atomic mass is 16.5. The van der Waals surface area contributed by atoms with Crippen molar-refractivity contribution < 1.29 is 9.63 Å². The van der Waals surface area contributed by atoms with Crippen molar-refractivity contribution >= 4 is 0 Å². The summed E-state index contributed by atoms with van der Waals surface area (Å²) in [6.07, 6.45) is 0.896. The molecule has 1 atom stereocenters. The number of rotatable bonds is 6. The van der Waals surface area contributed by atoms with Gasteiger partial charge in [0.1, 0.15) is 0 Å². The minimum atomic E-state index is -0.309. The second kappa shape index (κ2) is 6.01. The standard InChI is InChI=1S/C14H27N3O2/c1-10(2)7-14(6,9-18)15-8-11-16-12(19-17-11)13(3,4)5/h10,15,18H,7-9H2,1-6H3/t14-/m1/s1. The summed E-state index contributed by atoms with van der Waals surface area (Å²) in [6, 6.07) is 0. The normalized spacial score (nSPS) is 15.8. The maximum absolute atomic E-state index is 9.52. The third kappa shape index (κ3) is 4.91. The topological polar surface area (TPSA) is 71.2 Å². The molecule has 0 saturated heterocycles. The lowest BCUT2D eigenvalue weighted by molar-refractivity contribution is 0.150. The second-order valence-electron chi connectivity index (χ2n) is 6.94. The Bertz CT molecular complexity index is 396. The highest BCUT2D eigenvalue weighted by molar-refractivity contribution is 4.98. The first-order valence-electron chi connectivity index (χ1n) is 6.85. The first-order valence-corrected chi connectivity index (χ1v) is 6.85. The maximum atomic E-state index is 9.52. The Morgan fingerprint density at radius 1 is 1.26 bits per heavy atom. The van der Waals surface area contributed by atoms with E-state index in [4.69, 9.17) is 4.52 Å². The average molecular weight is 269 g/mol. The van der Waals surface area contributed by atoms with Gasteiger partial charge in [0.25, 0.3) is 0 Å². The van der Waals surface area contributed by atoms with Gasteiger partial charge in [0, 0.05) is 11.0 Å². The number of aromatic nitrogens is 2. The number of aliphatic hydroxyl groups is 1. The fourth-order valence-corrected chi connectivity index (χ4v) is 2.02. The molecule has 0 spiro atoms. The molecule has 1 rings (SSSR count). The molecule has 110 valence electrons. The molecule has 0 saturated carbocycles. The van der Waals surface area contributed by atoms with Crippen molar-refractivity contribution in [1.29, 1.82) is 0 Å². The van der Waals surface area contributed by atoms with Crippen LogP contribution in [0.2, 0.25) is 0 Å². The van der Waals surface area contributed by atoms with Crippen LogP contribution in [0.4, 0.5) is 0 Å². The predicted octanol–water partition coefficient (Wildman–Crippen LogP) is 2.25. The van der Waals surface area contributed by atoms with E-state index in [0.717, 1.165) is 6.42 Å². The average Bonchev–Trinajstić information content (AvgIpc) is 2.74. The molecule has 0 fully saturated rings. The number of hydrogen-bond acceptors (Lipinski definition) is 5. The molecule has 1 aromatic heterocycles. The van der Waals surface area contributed by atoms with Gasteiger partial charge in [-0.1, -0.05) is 39.8 Å². The van der Waals surface area contributed by atoms with E-state index >= 15 is 0 Å². The molecule has 0 radical (unpaired) electrons. The third-order valence-corrected chi connectivity index (χ3v) is 2.99. The maximum Gasteiger partial charge on any atom is 0.232 e. The lowest BCUT2D eigenvalue weighted by Crippen LogP contribution is -2.46. The quantitative estimate of drug-likeness (QED) is 0.829. The minimum Gasteiger partial charge on any atom is -0.394 e. The number of nitrogens with zero attached hydrogens (tertiary/aromatic N) is 2. The summed E-state index contributed by atoms with van der Waals surface area (Å²) >= 11 is 0. The van der Waals surface area contributed by atoms with Crippen LogP contribution in [0.15, 0.2) is 4.52 Å². The van der Waals surface area contributed by atoms with E-state index in [-0.39, 0.29) is 17.6 Å². The molecule has 0 unspecified atom stereocenters. The fourth-order valence-electron chi connectivity index (χ4n) is 2.02. The SMILES string of the molecule is CC(C)C[C@](C)(CO)NCc1noc(C(C)(C)C)n1. The van der Waals surface area contributed by atoms with Crippen molar-refractivity contribution in [2.24, 2.45) is 5.92 Å². The van der Waals surface area contributed by atoms with E-state index in [1.807, 2.05) is 27.7 Å². The van der Waals surface area contributed by atoms with E-state index in [1.165, 1.54) is 0 Å². The smallest absolute Gasteiger partial charge is 0.232 e. The Morgan fingerprint density at radius 2 is 1.89 bits per heavy atom. The van der Waals surface area contributed by atoms with Crippen LogP contribution in [-0.4, -0.2) is 27.4 Å². The van der Waals surface area contributed by atoms with Crippen molar-refractivity contribution in [3.63, 3.8) is 0 Å². The summed E-state index contributed by atoms with van der Waals surface area (Å²) in [6.45, 7) is 13.0. The van der Waals surface area contributed by atoms with Crippen molar-refractivity contribution in [3.05, 3.63) is 11.7 Å². The molecule has 1 heterocycles. The predicted molar refractivity (Wildman–Crippen MR) is 74.8 cm³/mol. The second-order valence-corrected chi connectivity index (χ2v) is 6.94. The van der Waals surface area contributed by atoms with Crippen molar-refractivity contribution in [1.82, 2.24) is 15.5 Å². The van der Waals surface area contributed by atoms with Crippen LogP contribution in [0.5, 0.6) is 0 Å². The monoisotopic (exact) mass is 269 g/mol. The summed E-state index contributed by atoms with van der Waals surface area (Å²) < 4.78 is 5.25. The van der Waals surface area contributed by atoms with Crippen LogP contribution in [0.1, 0.15) is 59.7 Å². The van der Waals surface area contributed by atoms with Gasteiger partial charge in [-0.25, -0.2) is 0 Å². The van der Waals surface area contributed by atoms with Gasteiger partial charge in [-0.3, -0.25) is 0 Å². The largest absolute Gasteiger partial charge is 0.394 e. The zero-order valence-electron chi connectivity index (χ0n) is 12.9. The molecule has 0 bridgehead atoms. The lowest BCUT2D eigenvalue weighted by Gasteiger charge is -2.30. The van der Waals surface area contributed by atoms with E-state index in [2.05, 4.69) is 29.3 Å². The van der Waals surface area contributed by atoms with Gasteiger partial charge in [-0.05, 0) is 19.3 Å². The Kier molecular flexibility index (Phi) is 5.10. The molecule has 1 aromatic rings. The first kappa shape index (κ1) is 16.1. The summed E-state index contributed by atoms with van der Waals surface area (Å²) in [5, 5.41) is 16.8. The zero-order chi connectivity index (χ0) is 14.7. The molecule has 0 aliphatic rings. The molecule has 0 amide bonds. The fraction of sp³-hybridized carbons (Fsp3) is 0.857.